The van der Waals surface area contributed by atoms with Gasteiger partial charge in [-0.1, -0.05) is 6.07 Å². The van der Waals surface area contributed by atoms with Crippen LogP contribution in [-0.2, 0) is 14.3 Å². The molecule has 26 heavy (non-hydrogen) atoms. The van der Waals surface area contributed by atoms with E-state index >= 15 is 0 Å². The maximum Gasteiger partial charge on any atom is 0.246 e. The van der Waals surface area contributed by atoms with Crippen molar-refractivity contribution in [3.8, 4) is 0 Å². The molecule has 2 fully saturated rings. The molecule has 3 N–H and O–H groups in total. The molecule has 7 nitrogen and oxygen atoms in total. The molecule has 1 unspecified atom stereocenters. The molecule has 2 heterocycles. The zero-order valence-corrected chi connectivity index (χ0v) is 15.5. The van der Waals surface area contributed by atoms with Crippen LogP contribution in [0.1, 0.15) is 26.7 Å². The van der Waals surface area contributed by atoms with E-state index < -0.39 is 12.1 Å². The van der Waals surface area contributed by atoms with E-state index in [0.717, 1.165) is 24.5 Å². The first-order valence-electron chi connectivity index (χ1n) is 9.36. The van der Waals surface area contributed by atoms with Gasteiger partial charge in [0.2, 0.25) is 11.8 Å². The first-order valence-corrected chi connectivity index (χ1v) is 9.36. The van der Waals surface area contributed by atoms with Gasteiger partial charge < -0.3 is 25.6 Å². The summed E-state index contributed by atoms with van der Waals surface area (Å²) >= 11 is 0. The summed E-state index contributed by atoms with van der Waals surface area (Å²) < 4.78 is 5.48. The van der Waals surface area contributed by atoms with Gasteiger partial charge in [-0.15, -0.1) is 0 Å². The fraction of sp³-hybridized carbons (Fsp3) is 0.579. The minimum Gasteiger partial charge on any atom is -0.375 e. The summed E-state index contributed by atoms with van der Waals surface area (Å²) in [5.74, 6) is -0.452. The molecule has 3 rings (SSSR count). The molecule has 1 aromatic carbocycles. The van der Waals surface area contributed by atoms with Crippen LogP contribution in [0, 0.1) is 0 Å². The van der Waals surface area contributed by atoms with Crippen LogP contribution in [0.2, 0.25) is 0 Å². The average molecular weight is 360 g/mol. The molecule has 1 aromatic rings. The number of hydrogen-bond donors (Lipinski definition) is 3. The number of nitrogens with one attached hydrogen (secondary N) is 3. The molecule has 0 aromatic heterocycles. The van der Waals surface area contributed by atoms with Crippen LogP contribution in [0.25, 0.3) is 0 Å². The van der Waals surface area contributed by atoms with Gasteiger partial charge in [-0.25, -0.2) is 0 Å². The maximum absolute atomic E-state index is 12.5. The van der Waals surface area contributed by atoms with Crippen LogP contribution in [0.15, 0.2) is 24.3 Å². The van der Waals surface area contributed by atoms with E-state index in [2.05, 4.69) is 26.9 Å². The SMILES string of the molecule is CC(NC(=O)[C@H]1NCCO[C@@H]1C)C(=O)Nc1cccc(N2CCCC2)c1. The minimum atomic E-state index is -0.631. The molecule has 142 valence electrons. The number of carbonyl (C=O) groups excluding carboxylic acids is 2. The van der Waals surface area contributed by atoms with E-state index in [1.54, 1.807) is 6.92 Å². The van der Waals surface area contributed by atoms with Gasteiger partial charge >= 0.3 is 0 Å². The van der Waals surface area contributed by atoms with Crippen molar-refractivity contribution in [2.24, 2.45) is 0 Å². The molecule has 3 atom stereocenters. The molecule has 2 aliphatic rings. The molecule has 0 aliphatic carbocycles. The molecule has 0 radical (unpaired) electrons. The summed E-state index contributed by atoms with van der Waals surface area (Å²) in [5, 5.41) is 8.79. The lowest BCUT2D eigenvalue weighted by Gasteiger charge is -2.30. The van der Waals surface area contributed by atoms with Crippen molar-refractivity contribution in [1.82, 2.24) is 10.6 Å². The number of morpholine rings is 1. The molecule has 0 bridgehead atoms. The first-order chi connectivity index (χ1) is 12.5. The van der Waals surface area contributed by atoms with Gasteiger partial charge in [0, 0.05) is 31.0 Å². The zero-order chi connectivity index (χ0) is 18.5. The predicted octanol–water partition coefficient (Wildman–Crippen LogP) is 1.11. The molecule has 0 spiro atoms. The van der Waals surface area contributed by atoms with Crippen LogP contribution < -0.4 is 20.9 Å². The Kier molecular flexibility index (Phi) is 6.11. The Morgan fingerprint density at radius 2 is 2.08 bits per heavy atom. The largest absolute Gasteiger partial charge is 0.375 e. The lowest BCUT2D eigenvalue weighted by atomic mass is 10.1. The van der Waals surface area contributed by atoms with E-state index in [9.17, 15) is 9.59 Å². The third kappa shape index (κ3) is 4.53. The number of carbonyl (C=O) groups is 2. The molecular weight excluding hydrogens is 332 g/mol. The standard InChI is InChI=1S/C19H28N4O3/c1-13(21-19(25)17-14(2)26-11-8-20-17)18(24)22-15-6-5-7-16(12-15)23-9-3-4-10-23/h5-7,12-14,17,20H,3-4,8-11H2,1-2H3,(H,21,25)(H,22,24)/t13?,14-,17+/m1/s1. The van der Waals surface area contributed by atoms with Crippen molar-refractivity contribution >= 4 is 23.2 Å². The van der Waals surface area contributed by atoms with Crippen molar-refractivity contribution < 1.29 is 14.3 Å². The number of nitrogens with zero attached hydrogens (tertiary/aromatic N) is 1. The van der Waals surface area contributed by atoms with Gasteiger partial charge in [-0.2, -0.15) is 0 Å². The molecule has 7 heteroatoms. The maximum atomic E-state index is 12.5. The monoisotopic (exact) mass is 360 g/mol. The highest BCUT2D eigenvalue weighted by Crippen LogP contribution is 2.23. The predicted molar refractivity (Wildman–Crippen MR) is 101 cm³/mol. The fourth-order valence-corrected chi connectivity index (χ4v) is 3.40. The Bertz CT molecular complexity index is 645. The van der Waals surface area contributed by atoms with Gasteiger partial charge in [0.1, 0.15) is 12.1 Å². The third-order valence-corrected chi connectivity index (χ3v) is 4.94. The summed E-state index contributed by atoms with van der Waals surface area (Å²) in [4.78, 5) is 27.1. The van der Waals surface area contributed by atoms with Crippen LogP contribution in [-0.4, -0.2) is 56.2 Å². The Morgan fingerprint density at radius 1 is 1.31 bits per heavy atom. The van der Waals surface area contributed by atoms with Crippen LogP contribution >= 0.6 is 0 Å². The number of anilines is 2. The highest BCUT2D eigenvalue weighted by molar-refractivity contribution is 5.98. The van der Waals surface area contributed by atoms with Crippen molar-refractivity contribution in [1.29, 1.82) is 0 Å². The first kappa shape index (κ1) is 18.7. The zero-order valence-electron chi connectivity index (χ0n) is 15.5. The van der Waals surface area contributed by atoms with E-state index in [-0.39, 0.29) is 17.9 Å². The van der Waals surface area contributed by atoms with E-state index in [1.165, 1.54) is 12.8 Å². The van der Waals surface area contributed by atoms with E-state index in [0.29, 0.717) is 13.2 Å². The summed E-state index contributed by atoms with van der Waals surface area (Å²) in [6.07, 6.45) is 2.20. The second-order valence-electron chi connectivity index (χ2n) is 6.97. The highest BCUT2D eigenvalue weighted by atomic mass is 16.5. The lowest BCUT2D eigenvalue weighted by molar-refractivity contribution is -0.132. The van der Waals surface area contributed by atoms with Crippen LogP contribution in [0.4, 0.5) is 11.4 Å². The van der Waals surface area contributed by atoms with Gasteiger partial charge in [-0.3, -0.25) is 9.59 Å². The number of amides is 2. The van der Waals surface area contributed by atoms with E-state index in [1.807, 2.05) is 25.1 Å². The molecule has 2 aliphatic heterocycles. The summed E-state index contributed by atoms with van der Waals surface area (Å²) in [6, 6.07) is 6.78. The third-order valence-electron chi connectivity index (χ3n) is 4.94. The number of hydrogen-bond acceptors (Lipinski definition) is 5. The lowest BCUT2D eigenvalue weighted by Crippen LogP contribution is -2.57. The average Bonchev–Trinajstić information content (AvgIpc) is 3.17. The van der Waals surface area contributed by atoms with Gasteiger partial charge in [0.15, 0.2) is 0 Å². The topological polar surface area (TPSA) is 82.7 Å². The number of benzene rings is 1. The Balaban J connectivity index is 1.55. The summed E-state index contributed by atoms with van der Waals surface area (Å²) in [5.41, 5.74) is 1.86. The minimum absolute atomic E-state index is 0.212. The highest BCUT2D eigenvalue weighted by Gasteiger charge is 2.30. The van der Waals surface area contributed by atoms with Crippen LogP contribution in [0.3, 0.4) is 0 Å². The van der Waals surface area contributed by atoms with Crippen molar-refractivity contribution in [2.45, 2.75) is 44.9 Å². The fourth-order valence-electron chi connectivity index (χ4n) is 3.40. The smallest absolute Gasteiger partial charge is 0.246 e. The summed E-state index contributed by atoms with van der Waals surface area (Å²) in [7, 11) is 0. The molecule has 2 amide bonds. The number of rotatable bonds is 5. The Morgan fingerprint density at radius 3 is 2.81 bits per heavy atom. The normalized spacial score (nSPS) is 24.2. The van der Waals surface area contributed by atoms with Gasteiger partial charge in [-0.05, 0) is 44.9 Å². The molecule has 2 saturated heterocycles. The Labute approximate surface area is 154 Å². The van der Waals surface area contributed by atoms with Crippen molar-refractivity contribution in [3.63, 3.8) is 0 Å². The molecule has 0 saturated carbocycles. The second-order valence-corrected chi connectivity index (χ2v) is 6.97. The summed E-state index contributed by atoms with van der Waals surface area (Å²) in [6.45, 7) is 6.87. The van der Waals surface area contributed by atoms with E-state index in [4.69, 9.17) is 4.74 Å². The molecular formula is C19H28N4O3. The van der Waals surface area contributed by atoms with Crippen molar-refractivity contribution in [3.05, 3.63) is 24.3 Å². The second kappa shape index (κ2) is 8.51. The van der Waals surface area contributed by atoms with Crippen molar-refractivity contribution in [2.75, 3.05) is 36.5 Å². The van der Waals surface area contributed by atoms with Gasteiger partial charge in [0.25, 0.3) is 0 Å². The van der Waals surface area contributed by atoms with Gasteiger partial charge in [0.05, 0.1) is 12.7 Å². The quantitative estimate of drug-likeness (QED) is 0.733. The van der Waals surface area contributed by atoms with Crippen LogP contribution in [0.5, 0.6) is 0 Å². The number of ether oxygens (including phenoxy) is 1. The Hall–Kier alpha value is -2.12.